The topological polar surface area (TPSA) is 51.5 Å². The normalized spacial score (nSPS) is 18.9. The van der Waals surface area contributed by atoms with Crippen molar-refractivity contribution in [3.63, 3.8) is 0 Å². The van der Waals surface area contributed by atoms with E-state index in [0.29, 0.717) is 13.1 Å². The molecule has 32 heavy (non-hydrogen) atoms. The Morgan fingerprint density at radius 1 is 1.09 bits per heavy atom. The van der Waals surface area contributed by atoms with Crippen LogP contribution < -0.4 is 0 Å². The van der Waals surface area contributed by atoms with E-state index in [1.165, 1.54) is 11.3 Å². The van der Waals surface area contributed by atoms with E-state index in [-0.39, 0.29) is 5.91 Å². The SMILES string of the molecule is CN=Cc1cccc(CN2CCC3=C(C2)C(=O)N(Cc2ccc(Br)cc2)C2=NCCN23)c1. The van der Waals surface area contributed by atoms with Crippen molar-refractivity contribution < 1.29 is 4.79 Å². The maximum absolute atomic E-state index is 13.6. The fourth-order valence-electron chi connectivity index (χ4n) is 4.70. The van der Waals surface area contributed by atoms with E-state index in [4.69, 9.17) is 0 Å². The Bertz CT molecular complexity index is 1120. The molecular weight excluding hydrogens is 466 g/mol. The Morgan fingerprint density at radius 3 is 2.75 bits per heavy atom. The molecule has 0 unspecified atom stereocenters. The smallest absolute Gasteiger partial charge is 0.259 e. The van der Waals surface area contributed by atoms with E-state index >= 15 is 0 Å². The predicted molar refractivity (Wildman–Crippen MR) is 131 cm³/mol. The van der Waals surface area contributed by atoms with Gasteiger partial charge in [-0.25, -0.2) is 0 Å². The largest absolute Gasteiger partial charge is 0.314 e. The third kappa shape index (κ3) is 4.14. The van der Waals surface area contributed by atoms with Crippen LogP contribution in [0.2, 0.25) is 0 Å². The predicted octanol–water partition coefficient (Wildman–Crippen LogP) is 3.67. The molecule has 3 aliphatic heterocycles. The molecule has 1 amide bonds. The number of amides is 1. The van der Waals surface area contributed by atoms with Gasteiger partial charge in [0.2, 0.25) is 5.96 Å². The standard InChI is InChI=1S/C25H26BrN5O/c1-27-14-19-3-2-4-20(13-19)15-29-11-9-23-22(17-29)24(32)31(25-28-10-12-30(23)25)16-18-5-7-21(26)8-6-18/h2-8,13-14H,9-12,15-17H2,1H3. The average Bonchev–Trinajstić information content (AvgIpc) is 3.28. The van der Waals surface area contributed by atoms with Crippen LogP contribution in [0.15, 0.2) is 74.3 Å². The van der Waals surface area contributed by atoms with Gasteiger partial charge in [-0.3, -0.25) is 24.6 Å². The molecule has 3 heterocycles. The number of carbonyl (C=O) groups excluding carboxylic acids is 1. The van der Waals surface area contributed by atoms with Crippen LogP contribution in [-0.2, 0) is 17.9 Å². The van der Waals surface area contributed by atoms with E-state index in [2.05, 4.69) is 72.1 Å². The second kappa shape index (κ2) is 9.00. The molecule has 0 radical (unpaired) electrons. The number of carbonyl (C=O) groups is 1. The van der Waals surface area contributed by atoms with E-state index in [1.807, 2.05) is 23.2 Å². The number of aliphatic imine (C=N–C) groups is 2. The number of nitrogens with zero attached hydrogens (tertiary/aromatic N) is 5. The van der Waals surface area contributed by atoms with Crippen molar-refractivity contribution in [2.75, 3.05) is 33.2 Å². The van der Waals surface area contributed by atoms with Crippen LogP contribution in [0.25, 0.3) is 0 Å². The summed E-state index contributed by atoms with van der Waals surface area (Å²) in [6.07, 6.45) is 2.75. The van der Waals surface area contributed by atoms with Crippen LogP contribution in [0.3, 0.4) is 0 Å². The highest BCUT2D eigenvalue weighted by atomic mass is 79.9. The fraction of sp³-hybridized carbons (Fsp3) is 0.320. The molecule has 0 saturated heterocycles. The van der Waals surface area contributed by atoms with Gasteiger partial charge in [0.1, 0.15) is 0 Å². The molecule has 6 nitrogen and oxygen atoms in total. The molecule has 0 bridgehead atoms. The van der Waals surface area contributed by atoms with Crippen LogP contribution in [0.1, 0.15) is 23.1 Å². The van der Waals surface area contributed by atoms with E-state index in [0.717, 1.165) is 59.7 Å². The number of benzene rings is 2. The third-order valence-electron chi connectivity index (χ3n) is 6.17. The van der Waals surface area contributed by atoms with Gasteiger partial charge < -0.3 is 4.90 Å². The van der Waals surface area contributed by atoms with Crippen LogP contribution in [0.4, 0.5) is 0 Å². The van der Waals surface area contributed by atoms with E-state index in [1.54, 1.807) is 7.05 Å². The van der Waals surface area contributed by atoms with Gasteiger partial charge in [-0.2, -0.15) is 0 Å². The van der Waals surface area contributed by atoms with Gasteiger partial charge in [0.05, 0.1) is 18.7 Å². The van der Waals surface area contributed by atoms with E-state index < -0.39 is 0 Å². The zero-order valence-electron chi connectivity index (χ0n) is 18.2. The molecule has 0 saturated carbocycles. The quantitative estimate of drug-likeness (QED) is 0.599. The van der Waals surface area contributed by atoms with Crippen molar-refractivity contribution in [3.8, 4) is 0 Å². The summed E-state index contributed by atoms with van der Waals surface area (Å²) in [6, 6.07) is 16.6. The summed E-state index contributed by atoms with van der Waals surface area (Å²) in [5, 5.41) is 0. The molecule has 3 aliphatic rings. The van der Waals surface area contributed by atoms with Gasteiger partial charge in [0.25, 0.3) is 5.91 Å². The molecule has 0 aliphatic carbocycles. The Labute approximate surface area is 197 Å². The Morgan fingerprint density at radius 2 is 1.94 bits per heavy atom. The molecule has 2 aromatic rings. The lowest BCUT2D eigenvalue weighted by Crippen LogP contribution is -2.53. The van der Waals surface area contributed by atoms with Crippen LogP contribution in [-0.4, -0.2) is 66.0 Å². The molecule has 5 rings (SSSR count). The summed E-state index contributed by atoms with van der Waals surface area (Å²) in [5.74, 6) is 0.910. The molecule has 0 spiro atoms. The minimum Gasteiger partial charge on any atom is -0.314 e. The lowest BCUT2D eigenvalue weighted by atomic mass is 9.99. The van der Waals surface area contributed by atoms with Crippen molar-refractivity contribution in [3.05, 3.63) is 81.0 Å². The molecule has 7 heteroatoms. The summed E-state index contributed by atoms with van der Waals surface area (Å²) in [5.41, 5.74) is 5.53. The molecule has 0 fully saturated rings. The fourth-order valence-corrected chi connectivity index (χ4v) is 4.97. The second-order valence-electron chi connectivity index (χ2n) is 8.37. The van der Waals surface area contributed by atoms with Crippen LogP contribution in [0.5, 0.6) is 0 Å². The van der Waals surface area contributed by atoms with Crippen molar-refractivity contribution >= 4 is 34.0 Å². The number of guanidine groups is 1. The number of rotatable bonds is 5. The molecule has 0 N–H and O–H groups in total. The monoisotopic (exact) mass is 491 g/mol. The summed E-state index contributed by atoms with van der Waals surface area (Å²) in [7, 11) is 1.79. The Balaban J connectivity index is 1.37. The van der Waals surface area contributed by atoms with Gasteiger partial charge in [-0.05, 0) is 34.9 Å². The molecule has 164 valence electrons. The number of hydrogen-bond acceptors (Lipinski definition) is 5. The zero-order valence-corrected chi connectivity index (χ0v) is 19.8. The lowest BCUT2D eigenvalue weighted by molar-refractivity contribution is -0.125. The molecule has 2 aromatic carbocycles. The Kier molecular flexibility index (Phi) is 5.93. The van der Waals surface area contributed by atoms with Crippen LogP contribution in [0, 0.1) is 0 Å². The summed E-state index contributed by atoms with van der Waals surface area (Å²) < 4.78 is 1.04. The maximum Gasteiger partial charge on any atom is 0.259 e. The first kappa shape index (κ1) is 21.1. The summed E-state index contributed by atoms with van der Waals surface area (Å²) >= 11 is 3.49. The number of fused-ring (bicyclic) bond motifs is 2. The van der Waals surface area contributed by atoms with Gasteiger partial charge >= 0.3 is 0 Å². The first-order chi connectivity index (χ1) is 15.6. The highest BCUT2D eigenvalue weighted by molar-refractivity contribution is 9.10. The lowest BCUT2D eigenvalue weighted by Gasteiger charge is -2.42. The maximum atomic E-state index is 13.6. The van der Waals surface area contributed by atoms with E-state index in [9.17, 15) is 4.79 Å². The Hall–Kier alpha value is -2.77. The second-order valence-corrected chi connectivity index (χ2v) is 9.29. The van der Waals surface area contributed by atoms with Gasteiger partial charge in [0.15, 0.2) is 0 Å². The first-order valence-electron chi connectivity index (χ1n) is 11.0. The van der Waals surface area contributed by atoms with Crippen molar-refractivity contribution in [2.24, 2.45) is 9.98 Å². The van der Waals surface area contributed by atoms with Crippen LogP contribution >= 0.6 is 15.9 Å². The number of hydrogen-bond donors (Lipinski definition) is 0. The van der Waals surface area contributed by atoms with Crippen molar-refractivity contribution in [1.29, 1.82) is 0 Å². The molecule has 0 aromatic heterocycles. The zero-order chi connectivity index (χ0) is 22.1. The summed E-state index contributed by atoms with van der Waals surface area (Å²) in [4.78, 5) is 28.9. The number of halogens is 1. The van der Waals surface area contributed by atoms with Gasteiger partial charge in [-0.1, -0.05) is 46.3 Å². The highest BCUT2D eigenvalue weighted by Gasteiger charge is 2.40. The average molecular weight is 492 g/mol. The minimum absolute atomic E-state index is 0.0939. The van der Waals surface area contributed by atoms with Crippen molar-refractivity contribution in [2.45, 2.75) is 19.5 Å². The molecular formula is C25H26BrN5O. The van der Waals surface area contributed by atoms with Crippen molar-refractivity contribution in [1.82, 2.24) is 14.7 Å². The summed E-state index contributed by atoms with van der Waals surface area (Å²) in [6.45, 7) is 4.57. The molecule has 0 atom stereocenters. The first-order valence-corrected chi connectivity index (χ1v) is 11.8. The minimum atomic E-state index is 0.0939. The highest BCUT2D eigenvalue weighted by Crippen LogP contribution is 2.32. The van der Waals surface area contributed by atoms with Gasteiger partial charge in [0, 0.05) is 56.0 Å². The van der Waals surface area contributed by atoms with Gasteiger partial charge in [-0.15, -0.1) is 0 Å². The third-order valence-corrected chi connectivity index (χ3v) is 6.70.